The fourth-order valence-corrected chi connectivity index (χ4v) is 2.50. The highest BCUT2D eigenvalue weighted by atomic mass is 35.5. The molecule has 9 nitrogen and oxygen atoms in total. The lowest BCUT2D eigenvalue weighted by atomic mass is 10.2. The van der Waals surface area contributed by atoms with Gasteiger partial charge in [-0.05, 0) is 30.0 Å². The molecule has 0 amide bonds. The van der Waals surface area contributed by atoms with Crippen LogP contribution in [0.5, 0.6) is 5.75 Å². The summed E-state index contributed by atoms with van der Waals surface area (Å²) in [5.74, 6) is 1.13. The topological polar surface area (TPSA) is 109 Å². The van der Waals surface area contributed by atoms with E-state index in [1.54, 1.807) is 32.2 Å². The Morgan fingerprint density at radius 3 is 2.88 bits per heavy atom. The van der Waals surface area contributed by atoms with Crippen LogP contribution in [0.1, 0.15) is 11.6 Å². The summed E-state index contributed by atoms with van der Waals surface area (Å²) in [5.41, 5.74) is 1.30. The minimum atomic E-state index is -0.528. The third kappa shape index (κ3) is 3.61. The molecule has 0 spiro atoms. The van der Waals surface area contributed by atoms with Crippen LogP contribution in [0.25, 0.3) is 11.4 Å². The zero-order chi connectivity index (χ0) is 18.0. The van der Waals surface area contributed by atoms with Crippen molar-refractivity contribution >= 4 is 17.4 Å². The minimum Gasteiger partial charge on any atom is -0.496 e. The number of rotatable bonds is 6. The van der Waals surface area contributed by atoms with Crippen LogP contribution in [0.4, 0.5) is 5.82 Å². The molecule has 0 aliphatic carbocycles. The lowest BCUT2D eigenvalue weighted by molar-refractivity contribution is -0.389. The second-order valence-corrected chi connectivity index (χ2v) is 5.67. The van der Waals surface area contributed by atoms with Crippen molar-refractivity contribution in [1.82, 2.24) is 19.9 Å². The van der Waals surface area contributed by atoms with Gasteiger partial charge >= 0.3 is 5.82 Å². The maximum absolute atomic E-state index is 10.8. The van der Waals surface area contributed by atoms with E-state index in [4.69, 9.17) is 20.9 Å². The predicted octanol–water partition coefficient (Wildman–Crippen LogP) is 3.05. The van der Waals surface area contributed by atoms with Crippen molar-refractivity contribution in [2.45, 2.75) is 19.9 Å². The van der Waals surface area contributed by atoms with E-state index in [-0.39, 0.29) is 5.82 Å². The molecule has 0 saturated heterocycles. The number of hydrogen-bond acceptors (Lipinski definition) is 7. The average Bonchev–Trinajstić information content (AvgIpc) is 3.19. The number of benzene rings is 1. The molecule has 3 rings (SSSR count). The van der Waals surface area contributed by atoms with Crippen molar-refractivity contribution in [3.8, 4) is 17.1 Å². The van der Waals surface area contributed by atoms with Gasteiger partial charge in [0.15, 0.2) is 0 Å². The Morgan fingerprint density at radius 1 is 1.40 bits per heavy atom. The van der Waals surface area contributed by atoms with Crippen LogP contribution in [0.3, 0.4) is 0 Å². The van der Waals surface area contributed by atoms with Crippen molar-refractivity contribution in [2.24, 2.45) is 0 Å². The molecule has 0 saturated carbocycles. The van der Waals surface area contributed by atoms with E-state index in [1.165, 1.54) is 10.7 Å². The van der Waals surface area contributed by atoms with E-state index in [0.29, 0.717) is 46.7 Å². The first-order chi connectivity index (χ1) is 12.0. The molecule has 3 aromatic rings. The van der Waals surface area contributed by atoms with Gasteiger partial charge < -0.3 is 19.4 Å². The first-order valence-corrected chi connectivity index (χ1v) is 7.71. The summed E-state index contributed by atoms with van der Waals surface area (Å²) in [6.45, 7) is 2.13. The average molecular weight is 364 g/mol. The Bertz CT molecular complexity index is 921. The Hall–Kier alpha value is -2.94. The van der Waals surface area contributed by atoms with Gasteiger partial charge in [0.1, 0.15) is 5.75 Å². The number of aryl methyl sites for hydroxylation is 3. The van der Waals surface area contributed by atoms with E-state index in [2.05, 4.69) is 15.2 Å². The summed E-state index contributed by atoms with van der Waals surface area (Å²) in [6, 6.07) is 6.53. The molecule has 0 bridgehead atoms. The van der Waals surface area contributed by atoms with Crippen LogP contribution >= 0.6 is 11.6 Å². The highest BCUT2D eigenvalue weighted by molar-refractivity contribution is 6.30. The van der Waals surface area contributed by atoms with Gasteiger partial charge in [-0.15, -0.1) is 0 Å². The Balaban J connectivity index is 1.76. The highest BCUT2D eigenvalue weighted by Gasteiger charge is 2.17. The molecule has 1 aromatic carbocycles. The molecule has 25 heavy (non-hydrogen) atoms. The zero-order valence-corrected chi connectivity index (χ0v) is 14.2. The number of ether oxygens (including phenoxy) is 1. The van der Waals surface area contributed by atoms with Gasteiger partial charge in [0.05, 0.1) is 36.1 Å². The van der Waals surface area contributed by atoms with E-state index in [1.807, 2.05) is 0 Å². The monoisotopic (exact) mass is 363 g/mol. The molecule has 0 aliphatic rings. The number of hydrogen-bond donors (Lipinski definition) is 0. The molecule has 0 radical (unpaired) electrons. The maximum Gasteiger partial charge on any atom is 0.390 e. The fraction of sp³-hybridized carbons (Fsp3) is 0.267. The molecule has 10 heteroatoms. The highest BCUT2D eigenvalue weighted by Crippen LogP contribution is 2.30. The summed E-state index contributed by atoms with van der Waals surface area (Å²) in [4.78, 5) is 14.6. The Morgan fingerprint density at radius 2 is 2.20 bits per heavy atom. The van der Waals surface area contributed by atoms with Crippen molar-refractivity contribution in [1.29, 1.82) is 0 Å². The van der Waals surface area contributed by atoms with E-state index in [9.17, 15) is 10.1 Å². The number of nitro groups is 1. The van der Waals surface area contributed by atoms with Crippen LogP contribution in [0.2, 0.25) is 5.02 Å². The van der Waals surface area contributed by atoms with Crippen molar-refractivity contribution in [3.05, 3.63) is 51.0 Å². The fourth-order valence-electron chi connectivity index (χ4n) is 2.33. The molecule has 0 aliphatic heterocycles. The van der Waals surface area contributed by atoms with Gasteiger partial charge in [0, 0.05) is 11.4 Å². The van der Waals surface area contributed by atoms with Crippen LogP contribution in [0.15, 0.2) is 28.8 Å². The molecule has 2 aromatic heterocycles. The predicted molar refractivity (Wildman–Crippen MR) is 88.6 cm³/mol. The summed E-state index contributed by atoms with van der Waals surface area (Å²) in [5, 5.41) is 19.1. The lowest BCUT2D eigenvalue weighted by Gasteiger charge is -2.04. The Kier molecular flexibility index (Phi) is 4.66. The second-order valence-electron chi connectivity index (χ2n) is 5.23. The molecule has 2 heterocycles. The third-order valence-corrected chi connectivity index (χ3v) is 3.80. The van der Waals surface area contributed by atoms with Crippen LogP contribution in [-0.2, 0) is 13.0 Å². The second kappa shape index (κ2) is 6.89. The molecular weight excluding hydrogens is 350 g/mol. The number of aromatic nitrogens is 4. The summed E-state index contributed by atoms with van der Waals surface area (Å²) >= 11 is 6.01. The normalized spacial score (nSPS) is 10.8. The van der Waals surface area contributed by atoms with Gasteiger partial charge in [-0.1, -0.05) is 16.8 Å². The quantitative estimate of drug-likeness (QED) is 0.489. The molecular formula is C15H14ClN5O4. The smallest absolute Gasteiger partial charge is 0.390 e. The standard InChI is InChI=1S/C15H14ClN5O4/c1-9-7-13(21(22)23)18-20(9)6-5-14-17-15(19-25-14)11-8-10(16)3-4-12(11)24-2/h3-4,7-8H,5-6H2,1-2H3. The molecule has 0 atom stereocenters. The van der Waals surface area contributed by atoms with Crippen molar-refractivity contribution in [2.75, 3.05) is 7.11 Å². The van der Waals surface area contributed by atoms with Gasteiger partial charge in [0.2, 0.25) is 11.7 Å². The van der Waals surface area contributed by atoms with E-state index in [0.717, 1.165) is 0 Å². The molecule has 0 unspecified atom stereocenters. The number of nitrogens with zero attached hydrogens (tertiary/aromatic N) is 5. The lowest BCUT2D eigenvalue weighted by Crippen LogP contribution is -2.05. The first kappa shape index (κ1) is 16.9. The SMILES string of the molecule is COc1ccc(Cl)cc1-c1noc(CCn2nc([N+](=O)[O-])cc2C)n1. The first-order valence-electron chi connectivity index (χ1n) is 7.33. The summed E-state index contributed by atoms with van der Waals surface area (Å²) in [7, 11) is 1.54. The third-order valence-electron chi connectivity index (χ3n) is 3.56. The number of halogens is 1. The van der Waals surface area contributed by atoms with Gasteiger partial charge in [-0.25, -0.2) is 0 Å². The van der Waals surface area contributed by atoms with Crippen molar-refractivity contribution < 1.29 is 14.2 Å². The minimum absolute atomic E-state index is 0.188. The van der Waals surface area contributed by atoms with Crippen molar-refractivity contribution in [3.63, 3.8) is 0 Å². The Labute approximate surface area is 147 Å². The van der Waals surface area contributed by atoms with Gasteiger partial charge in [-0.2, -0.15) is 9.67 Å². The largest absolute Gasteiger partial charge is 0.496 e. The van der Waals surface area contributed by atoms with Gasteiger partial charge in [-0.3, -0.25) is 0 Å². The zero-order valence-electron chi connectivity index (χ0n) is 13.5. The summed E-state index contributed by atoms with van der Waals surface area (Å²) < 4.78 is 12.0. The van der Waals surface area contributed by atoms with E-state index < -0.39 is 4.92 Å². The van der Waals surface area contributed by atoms with E-state index >= 15 is 0 Å². The number of methoxy groups -OCH3 is 1. The summed E-state index contributed by atoms with van der Waals surface area (Å²) in [6.07, 6.45) is 0.384. The molecule has 130 valence electrons. The van der Waals surface area contributed by atoms with Crippen LogP contribution in [0, 0.1) is 17.0 Å². The van der Waals surface area contributed by atoms with Gasteiger partial charge in [0.25, 0.3) is 0 Å². The molecule has 0 N–H and O–H groups in total. The van der Waals surface area contributed by atoms with Crippen LogP contribution in [-0.4, -0.2) is 32.0 Å². The molecule has 0 fully saturated rings. The van der Waals surface area contributed by atoms with Crippen LogP contribution < -0.4 is 4.74 Å². The maximum atomic E-state index is 10.8.